The van der Waals surface area contributed by atoms with Crippen molar-refractivity contribution >= 4 is 18.3 Å². The molecule has 3 nitrogen and oxygen atoms in total. The van der Waals surface area contributed by atoms with Crippen molar-refractivity contribution in [2.24, 2.45) is 5.73 Å². The molecule has 0 atom stereocenters. The van der Waals surface area contributed by atoms with Crippen LogP contribution in [0.25, 0.3) is 0 Å². The Kier molecular flexibility index (Phi) is 8.36. The molecule has 130 valence electrons. The highest BCUT2D eigenvalue weighted by atomic mass is 35.5. The van der Waals surface area contributed by atoms with Crippen LogP contribution in [0.2, 0.25) is 0 Å². The lowest BCUT2D eigenvalue weighted by Gasteiger charge is -2.22. The summed E-state index contributed by atoms with van der Waals surface area (Å²) in [7, 11) is 0. The molecule has 0 unspecified atom stereocenters. The highest BCUT2D eigenvalue weighted by Gasteiger charge is 2.16. The summed E-state index contributed by atoms with van der Waals surface area (Å²) in [6.45, 7) is 1.21. The molecule has 0 aliphatic carbocycles. The zero-order valence-corrected chi connectivity index (χ0v) is 14.1. The van der Waals surface area contributed by atoms with Crippen molar-refractivity contribution in [2.45, 2.75) is 12.8 Å². The summed E-state index contributed by atoms with van der Waals surface area (Å²) in [4.78, 5) is 14.0. The SMILES string of the molecule is Cl.NCCN(CCc1ccccc1)C(=O)Cc1cc(F)ccc1F. The van der Waals surface area contributed by atoms with Gasteiger partial charge < -0.3 is 10.6 Å². The number of nitrogens with two attached hydrogens (primary N) is 1. The summed E-state index contributed by atoms with van der Waals surface area (Å²) in [5.74, 6) is -1.38. The molecule has 0 saturated carbocycles. The minimum absolute atomic E-state index is 0. The number of nitrogens with zero attached hydrogens (tertiary/aromatic N) is 1. The maximum atomic E-state index is 13.7. The van der Waals surface area contributed by atoms with Crippen molar-refractivity contribution in [3.05, 3.63) is 71.3 Å². The van der Waals surface area contributed by atoms with E-state index >= 15 is 0 Å². The second-order valence-electron chi connectivity index (χ2n) is 5.32. The molecule has 0 aliphatic rings. The summed E-state index contributed by atoms with van der Waals surface area (Å²) < 4.78 is 26.9. The Hall–Kier alpha value is -1.98. The normalized spacial score (nSPS) is 10.1. The highest BCUT2D eigenvalue weighted by molar-refractivity contribution is 5.85. The van der Waals surface area contributed by atoms with E-state index in [4.69, 9.17) is 5.73 Å². The molecule has 1 amide bonds. The minimum atomic E-state index is -0.574. The molecule has 0 aliphatic heterocycles. The van der Waals surface area contributed by atoms with E-state index in [0.29, 0.717) is 26.1 Å². The average molecular weight is 355 g/mol. The maximum Gasteiger partial charge on any atom is 0.227 e. The predicted octanol–water partition coefficient (Wildman–Crippen LogP) is 2.96. The fraction of sp³-hybridized carbons (Fsp3) is 0.278. The molecule has 0 fully saturated rings. The predicted molar refractivity (Wildman–Crippen MR) is 93.1 cm³/mol. The van der Waals surface area contributed by atoms with Gasteiger partial charge in [-0.15, -0.1) is 12.4 Å². The molecule has 2 aromatic carbocycles. The Labute approximate surface area is 146 Å². The van der Waals surface area contributed by atoms with Crippen LogP contribution in [-0.2, 0) is 17.6 Å². The van der Waals surface area contributed by atoms with E-state index in [1.165, 1.54) is 0 Å². The van der Waals surface area contributed by atoms with E-state index in [2.05, 4.69) is 0 Å². The third-order valence-electron chi connectivity index (χ3n) is 3.61. The van der Waals surface area contributed by atoms with Crippen molar-refractivity contribution in [3.63, 3.8) is 0 Å². The summed E-state index contributed by atoms with van der Waals surface area (Å²) in [5, 5.41) is 0. The van der Waals surface area contributed by atoms with Crippen LogP contribution in [0.5, 0.6) is 0 Å². The quantitative estimate of drug-likeness (QED) is 0.831. The van der Waals surface area contributed by atoms with Gasteiger partial charge in [-0.3, -0.25) is 4.79 Å². The van der Waals surface area contributed by atoms with Gasteiger partial charge in [-0.1, -0.05) is 30.3 Å². The van der Waals surface area contributed by atoms with Crippen molar-refractivity contribution in [1.29, 1.82) is 0 Å². The first-order valence-corrected chi connectivity index (χ1v) is 7.56. The van der Waals surface area contributed by atoms with Gasteiger partial charge in [0.1, 0.15) is 11.6 Å². The first-order chi connectivity index (χ1) is 11.1. The maximum absolute atomic E-state index is 13.7. The van der Waals surface area contributed by atoms with Gasteiger partial charge in [-0.05, 0) is 30.2 Å². The minimum Gasteiger partial charge on any atom is -0.341 e. The lowest BCUT2D eigenvalue weighted by Crippen LogP contribution is -2.38. The summed E-state index contributed by atoms with van der Waals surface area (Å²) >= 11 is 0. The first kappa shape index (κ1) is 20.1. The third-order valence-corrected chi connectivity index (χ3v) is 3.61. The van der Waals surface area contributed by atoms with Crippen molar-refractivity contribution < 1.29 is 13.6 Å². The lowest BCUT2D eigenvalue weighted by atomic mass is 10.1. The molecule has 24 heavy (non-hydrogen) atoms. The number of carbonyl (C=O) groups excluding carboxylic acids is 1. The Balaban J connectivity index is 0.00000288. The van der Waals surface area contributed by atoms with Gasteiger partial charge in [-0.25, -0.2) is 8.78 Å². The Morgan fingerprint density at radius 1 is 1.04 bits per heavy atom. The standard InChI is InChI=1S/C18H20F2N2O.ClH/c19-16-6-7-17(20)15(12-16)13-18(23)22(11-9-21)10-8-14-4-2-1-3-5-14;/h1-7,12H,8-11,13,21H2;1H. The van der Waals surface area contributed by atoms with Gasteiger partial charge in [0, 0.05) is 25.2 Å². The van der Waals surface area contributed by atoms with Crippen LogP contribution in [0.15, 0.2) is 48.5 Å². The molecular formula is C18H21ClF2N2O. The van der Waals surface area contributed by atoms with E-state index in [1.807, 2.05) is 30.3 Å². The Morgan fingerprint density at radius 2 is 1.75 bits per heavy atom. The van der Waals surface area contributed by atoms with E-state index < -0.39 is 11.6 Å². The van der Waals surface area contributed by atoms with E-state index in [9.17, 15) is 13.6 Å². The third kappa shape index (κ3) is 5.91. The lowest BCUT2D eigenvalue weighted by molar-refractivity contribution is -0.130. The largest absolute Gasteiger partial charge is 0.341 e. The molecule has 2 rings (SSSR count). The van der Waals surface area contributed by atoms with E-state index in [1.54, 1.807) is 4.90 Å². The number of amides is 1. The zero-order chi connectivity index (χ0) is 16.7. The highest BCUT2D eigenvalue weighted by Crippen LogP contribution is 2.12. The first-order valence-electron chi connectivity index (χ1n) is 7.56. The van der Waals surface area contributed by atoms with Crippen LogP contribution < -0.4 is 5.73 Å². The number of benzene rings is 2. The van der Waals surface area contributed by atoms with Crippen molar-refractivity contribution in [2.75, 3.05) is 19.6 Å². The van der Waals surface area contributed by atoms with Crippen molar-refractivity contribution in [1.82, 2.24) is 4.90 Å². The topological polar surface area (TPSA) is 46.3 Å². The van der Waals surface area contributed by atoms with Gasteiger partial charge in [0.05, 0.1) is 6.42 Å². The van der Waals surface area contributed by atoms with Gasteiger partial charge in [-0.2, -0.15) is 0 Å². The molecule has 0 saturated heterocycles. The van der Waals surface area contributed by atoms with Crippen LogP contribution in [-0.4, -0.2) is 30.4 Å². The second-order valence-corrected chi connectivity index (χ2v) is 5.32. The molecule has 2 aromatic rings. The smallest absolute Gasteiger partial charge is 0.227 e. The molecular weight excluding hydrogens is 334 g/mol. The zero-order valence-electron chi connectivity index (χ0n) is 13.3. The Bertz CT molecular complexity index is 653. The van der Waals surface area contributed by atoms with Crippen LogP contribution in [0, 0.1) is 11.6 Å². The van der Waals surface area contributed by atoms with E-state index in [0.717, 1.165) is 23.8 Å². The summed E-state index contributed by atoms with van der Waals surface area (Å²) in [6.07, 6.45) is 0.524. The second kappa shape index (κ2) is 10.0. The van der Waals surface area contributed by atoms with Gasteiger partial charge >= 0.3 is 0 Å². The van der Waals surface area contributed by atoms with Crippen LogP contribution in [0.1, 0.15) is 11.1 Å². The fourth-order valence-electron chi connectivity index (χ4n) is 2.38. The summed E-state index contributed by atoms with van der Waals surface area (Å²) in [5.41, 5.74) is 6.73. The summed E-state index contributed by atoms with van der Waals surface area (Å²) in [6, 6.07) is 12.9. The Morgan fingerprint density at radius 3 is 2.42 bits per heavy atom. The van der Waals surface area contributed by atoms with Gasteiger partial charge in [0.25, 0.3) is 0 Å². The van der Waals surface area contributed by atoms with Gasteiger partial charge in [0.2, 0.25) is 5.91 Å². The number of rotatable bonds is 7. The molecule has 0 aromatic heterocycles. The number of hydrogen-bond donors (Lipinski definition) is 1. The molecule has 0 bridgehead atoms. The number of carbonyl (C=O) groups is 1. The fourth-order valence-corrected chi connectivity index (χ4v) is 2.38. The molecule has 0 spiro atoms. The number of hydrogen-bond acceptors (Lipinski definition) is 2. The van der Waals surface area contributed by atoms with Crippen molar-refractivity contribution in [3.8, 4) is 0 Å². The van der Waals surface area contributed by atoms with Gasteiger partial charge in [0.15, 0.2) is 0 Å². The number of halogens is 3. The molecule has 6 heteroatoms. The van der Waals surface area contributed by atoms with Crippen LogP contribution >= 0.6 is 12.4 Å². The molecule has 2 N–H and O–H groups in total. The molecule has 0 radical (unpaired) electrons. The average Bonchev–Trinajstić information content (AvgIpc) is 2.55. The van der Waals surface area contributed by atoms with E-state index in [-0.39, 0.29) is 30.3 Å². The van der Waals surface area contributed by atoms with Crippen LogP contribution in [0.4, 0.5) is 8.78 Å². The monoisotopic (exact) mass is 354 g/mol. The van der Waals surface area contributed by atoms with Crippen LogP contribution in [0.3, 0.4) is 0 Å². The molecule has 0 heterocycles.